The second-order valence-corrected chi connectivity index (χ2v) is 6.21. The quantitative estimate of drug-likeness (QED) is 0.763. The molecule has 0 aliphatic rings. The molecule has 1 aromatic heterocycles. The third kappa shape index (κ3) is 2.80. The summed E-state index contributed by atoms with van der Waals surface area (Å²) in [6.45, 7) is 1.79. The molecule has 0 aliphatic heterocycles. The van der Waals surface area contributed by atoms with Crippen LogP contribution < -0.4 is 5.43 Å². The van der Waals surface area contributed by atoms with Crippen LogP contribution in [0.25, 0.3) is 16.6 Å². The molecule has 0 unspecified atom stereocenters. The molecule has 3 rings (SSSR count). The highest BCUT2D eigenvalue weighted by atomic mass is 79.9. The van der Waals surface area contributed by atoms with Crippen molar-refractivity contribution in [1.82, 2.24) is 4.57 Å². The average Bonchev–Trinajstić information content (AvgIpc) is 2.53. The number of halogens is 1. The van der Waals surface area contributed by atoms with Gasteiger partial charge >= 0.3 is 5.97 Å². The number of para-hydroxylation sites is 1. The van der Waals surface area contributed by atoms with Crippen LogP contribution in [0.2, 0.25) is 0 Å². The number of rotatable bonds is 3. The summed E-state index contributed by atoms with van der Waals surface area (Å²) in [6.07, 6.45) is -0.286. The summed E-state index contributed by atoms with van der Waals surface area (Å²) in [5, 5.41) is 9.66. The summed E-state index contributed by atoms with van der Waals surface area (Å²) in [5.41, 5.74) is 2.41. The predicted octanol–water partition coefficient (Wildman–Crippen LogP) is 3.69. The van der Waals surface area contributed by atoms with Crippen LogP contribution in [0.1, 0.15) is 11.3 Å². The van der Waals surface area contributed by atoms with Gasteiger partial charge < -0.3 is 9.67 Å². The second-order valence-electron chi connectivity index (χ2n) is 5.29. The van der Waals surface area contributed by atoms with Crippen molar-refractivity contribution in [3.05, 3.63) is 74.5 Å². The molecule has 0 radical (unpaired) electrons. The Labute approximate surface area is 141 Å². The molecule has 0 amide bonds. The molecular formula is C18H14BrNO3. The van der Waals surface area contributed by atoms with Crippen LogP contribution in [0, 0.1) is 6.92 Å². The molecule has 0 fully saturated rings. The van der Waals surface area contributed by atoms with Gasteiger partial charge in [-0.25, -0.2) is 0 Å². The first-order valence-corrected chi connectivity index (χ1v) is 7.89. The van der Waals surface area contributed by atoms with Gasteiger partial charge in [-0.1, -0.05) is 28.1 Å². The van der Waals surface area contributed by atoms with Crippen LogP contribution in [0.3, 0.4) is 0 Å². The molecule has 2 aromatic carbocycles. The van der Waals surface area contributed by atoms with Gasteiger partial charge in [-0.05, 0) is 43.3 Å². The molecule has 0 spiro atoms. The lowest BCUT2D eigenvalue weighted by molar-refractivity contribution is -0.136. The number of carboxylic acid groups (broad SMARTS) is 1. The van der Waals surface area contributed by atoms with Crippen molar-refractivity contribution in [2.45, 2.75) is 13.3 Å². The second kappa shape index (κ2) is 6.01. The zero-order valence-electron chi connectivity index (χ0n) is 12.4. The number of hydrogen-bond acceptors (Lipinski definition) is 2. The Morgan fingerprint density at radius 1 is 1.13 bits per heavy atom. The average molecular weight is 372 g/mol. The van der Waals surface area contributed by atoms with Gasteiger partial charge in [0, 0.05) is 26.8 Å². The maximum Gasteiger partial charge on any atom is 0.308 e. The van der Waals surface area contributed by atoms with Crippen molar-refractivity contribution < 1.29 is 9.90 Å². The Bertz CT molecular complexity index is 958. The van der Waals surface area contributed by atoms with Crippen molar-refractivity contribution in [3.63, 3.8) is 0 Å². The van der Waals surface area contributed by atoms with Crippen LogP contribution >= 0.6 is 15.9 Å². The maximum atomic E-state index is 12.6. The summed E-state index contributed by atoms with van der Waals surface area (Å²) >= 11 is 3.41. The zero-order chi connectivity index (χ0) is 16.6. The molecule has 0 aliphatic carbocycles. The lowest BCUT2D eigenvalue weighted by Gasteiger charge is -2.18. The fourth-order valence-electron chi connectivity index (χ4n) is 2.79. The lowest BCUT2D eigenvalue weighted by atomic mass is 10.0. The topological polar surface area (TPSA) is 59.3 Å². The van der Waals surface area contributed by atoms with Gasteiger partial charge in [0.25, 0.3) is 0 Å². The van der Waals surface area contributed by atoms with Crippen molar-refractivity contribution >= 4 is 32.8 Å². The van der Waals surface area contributed by atoms with E-state index in [2.05, 4.69) is 15.9 Å². The fourth-order valence-corrected chi connectivity index (χ4v) is 3.05. The fraction of sp³-hybridized carbons (Fsp3) is 0.111. The molecule has 0 bridgehead atoms. The summed E-state index contributed by atoms with van der Waals surface area (Å²) < 4.78 is 2.89. The maximum absolute atomic E-state index is 12.6. The van der Waals surface area contributed by atoms with Gasteiger partial charge in [0.2, 0.25) is 0 Å². The highest BCUT2D eigenvalue weighted by Crippen LogP contribution is 2.23. The number of aromatic nitrogens is 1. The van der Waals surface area contributed by atoms with Crippen LogP contribution in [0.15, 0.2) is 57.8 Å². The van der Waals surface area contributed by atoms with E-state index >= 15 is 0 Å². The molecule has 3 aromatic rings. The molecule has 0 atom stereocenters. The van der Waals surface area contributed by atoms with E-state index < -0.39 is 5.97 Å². The first-order valence-electron chi connectivity index (χ1n) is 7.10. The Balaban J connectivity index is 2.42. The number of nitrogens with zero attached hydrogens (tertiary/aromatic N) is 1. The molecule has 5 heteroatoms. The third-order valence-corrected chi connectivity index (χ3v) is 4.38. The molecule has 0 saturated heterocycles. The number of hydrogen-bond donors (Lipinski definition) is 1. The molecule has 4 nitrogen and oxygen atoms in total. The van der Waals surface area contributed by atoms with Crippen LogP contribution in [0.5, 0.6) is 0 Å². The van der Waals surface area contributed by atoms with Gasteiger partial charge in [0.05, 0.1) is 11.9 Å². The first-order chi connectivity index (χ1) is 11.0. The van der Waals surface area contributed by atoms with Gasteiger partial charge in [-0.15, -0.1) is 0 Å². The number of carboxylic acids is 1. The minimum Gasteiger partial charge on any atom is -0.481 e. The molecular weight excluding hydrogens is 358 g/mol. The summed E-state index contributed by atoms with van der Waals surface area (Å²) in [5.74, 6) is -1.01. The minimum absolute atomic E-state index is 0.214. The van der Waals surface area contributed by atoms with E-state index in [0.29, 0.717) is 16.6 Å². The normalized spacial score (nSPS) is 10.9. The van der Waals surface area contributed by atoms with Crippen molar-refractivity contribution in [2.24, 2.45) is 0 Å². The first kappa shape index (κ1) is 15.5. The third-order valence-electron chi connectivity index (χ3n) is 3.85. The SMILES string of the molecule is Cc1c(CC(=O)O)c(=O)c2ccccc2n1-c1ccc(Br)cc1. The van der Waals surface area contributed by atoms with Crippen LogP contribution in [0.4, 0.5) is 0 Å². The van der Waals surface area contributed by atoms with E-state index in [1.165, 1.54) is 0 Å². The van der Waals surface area contributed by atoms with E-state index in [0.717, 1.165) is 15.7 Å². The van der Waals surface area contributed by atoms with E-state index in [4.69, 9.17) is 5.11 Å². The number of carbonyl (C=O) groups is 1. The summed E-state index contributed by atoms with van der Waals surface area (Å²) in [6, 6.07) is 14.9. The van der Waals surface area contributed by atoms with E-state index in [9.17, 15) is 9.59 Å². The highest BCUT2D eigenvalue weighted by Gasteiger charge is 2.17. The summed E-state index contributed by atoms with van der Waals surface area (Å²) in [4.78, 5) is 23.8. The monoisotopic (exact) mass is 371 g/mol. The molecule has 116 valence electrons. The van der Waals surface area contributed by atoms with Crippen molar-refractivity contribution in [1.29, 1.82) is 0 Å². The minimum atomic E-state index is -1.01. The highest BCUT2D eigenvalue weighted by molar-refractivity contribution is 9.10. The van der Waals surface area contributed by atoms with Gasteiger partial charge in [-0.3, -0.25) is 9.59 Å². The lowest BCUT2D eigenvalue weighted by Crippen LogP contribution is -2.20. The van der Waals surface area contributed by atoms with Crippen LogP contribution in [-0.4, -0.2) is 15.6 Å². The predicted molar refractivity (Wildman–Crippen MR) is 93.3 cm³/mol. The van der Waals surface area contributed by atoms with Gasteiger partial charge in [0.1, 0.15) is 0 Å². The Kier molecular flexibility index (Phi) is 4.05. The molecule has 23 heavy (non-hydrogen) atoms. The largest absolute Gasteiger partial charge is 0.481 e. The standard InChI is InChI=1S/C18H14BrNO3/c1-11-15(10-17(21)22)18(23)14-4-2-3-5-16(14)20(11)13-8-6-12(19)7-9-13/h2-9H,10H2,1H3,(H,21,22). The number of fused-ring (bicyclic) bond motifs is 1. The van der Waals surface area contributed by atoms with E-state index in [-0.39, 0.29) is 11.8 Å². The Morgan fingerprint density at radius 2 is 1.78 bits per heavy atom. The Morgan fingerprint density at radius 3 is 2.43 bits per heavy atom. The zero-order valence-corrected chi connectivity index (χ0v) is 14.0. The smallest absolute Gasteiger partial charge is 0.308 e. The number of aliphatic carboxylic acids is 1. The van der Waals surface area contributed by atoms with Crippen molar-refractivity contribution in [3.8, 4) is 5.69 Å². The summed E-state index contributed by atoms with van der Waals surface area (Å²) in [7, 11) is 0. The van der Waals surface area contributed by atoms with Gasteiger partial charge in [-0.2, -0.15) is 0 Å². The van der Waals surface area contributed by atoms with Crippen molar-refractivity contribution in [2.75, 3.05) is 0 Å². The van der Waals surface area contributed by atoms with E-state index in [1.807, 2.05) is 41.0 Å². The number of benzene rings is 2. The Hall–Kier alpha value is -2.40. The molecule has 1 heterocycles. The van der Waals surface area contributed by atoms with E-state index in [1.54, 1.807) is 19.1 Å². The molecule has 1 N–H and O–H groups in total. The van der Waals surface area contributed by atoms with Gasteiger partial charge in [0.15, 0.2) is 5.43 Å². The molecule has 0 saturated carbocycles. The number of pyridine rings is 1. The van der Waals surface area contributed by atoms with Crippen LogP contribution in [-0.2, 0) is 11.2 Å².